The Morgan fingerprint density at radius 3 is 2.71 bits per heavy atom. The summed E-state index contributed by atoms with van der Waals surface area (Å²) in [6, 6.07) is 18.6. The molecule has 3 heterocycles. The number of aromatic amines is 1. The molecule has 1 atom stereocenters. The second kappa shape index (κ2) is 8.48. The predicted octanol–water partition coefficient (Wildman–Crippen LogP) is 3.19. The van der Waals surface area contributed by atoms with Gasteiger partial charge in [-0.15, -0.1) is 0 Å². The zero-order valence-corrected chi connectivity index (χ0v) is 18.1. The van der Waals surface area contributed by atoms with Gasteiger partial charge in [-0.05, 0) is 30.5 Å². The Labute approximate surface area is 193 Å². The molecule has 10 heteroatoms. The highest BCUT2D eigenvalue weighted by Crippen LogP contribution is 2.29. The maximum absolute atomic E-state index is 14.0. The van der Waals surface area contributed by atoms with Gasteiger partial charge in [-0.1, -0.05) is 36.4 Å². The van der Waals surface area contributed by atoms with Crippen LogP contribution in [0.25, 0.3) is 27.7 Å². The Hall–Kier alpha value is -5.04. The summed E-state index contributed by atoms with van der Waals surface area (Å²) >= 11 is 0. The maximum atomic E-state index is 14.0. The number of hydrogen-bond donors (Lipinski definition) is 3. The minimum atomic E-state index is -0.408. The molecule has 0 aliphatic rings. The summed E-state index contributed by atoms with van der Waals surface area (Å²) in [5.41, 5.74) is 8.44. The van der Waals surface area contributed by atoms with Crippen LogP contribution in [0.3, 0.4) is 0 Å². The van der Waals surface area contributed by atoms with Gasteiger partial charge in [0.05, 0.1) is 23.8 Å². The minimum absolute atomic E-state index is 0.0462. The fourth-order valence-corrected chi connectivity index (χ4v) is 3.96. The number of nitriles is 1. The third-order valence-electron chi connectivity index (χ3n) is 5.51. The first-order chi connectivity index (χ1) is 16.6. The SMILES string of the molecule is C[C@H](Nc1nc(N)ncc1C#N)c1cc2cccc(-c3cn[nH]n3)c2c(=O)n1-c1ccccc1. The van der Waals surface area contributed by atoms with Crippen molar-refractivity contribution < 1.29 is 0 Å². The number of aromatic nitrogens is 6. The van der Waals surface area contributed by atoms with Crippen molar-refractivity contribution in [2.75, 3.05) is 11.1 Å². The lowest BCUT2D eigenvalue weighted by atomic mass is 10.0. The molecular formula is C24H19N9O. The maximum Gasteiger partial charge on any atom is 0.263 e. The second-order valence-corrected chi connectivity index (χ2v) is 7.64. The van der Waals surface area contributed by atoms with Gasteiger partial charge in [0.15, 0.2) is 0 Å². The molecule has 166 valence electrons. The molecule has 0 aliphatic carbocycles. The normalized spacial score (nSPS) is 11.8. The highest BCUT2D eigenvalue weighted by molar-refractivity contribution is 5.95. The third kappa shape index (κ3) is 3.61. The van der Waals surface area contributed by atoms with E-state index in [1.807, 2.05) is 61.5 Å². The number of pyridine rings is 1. The molecule has 2 aromatic carbocycles. The van der Waals surface area contributed by atoms with Crippen molar-refractivity contribution in [3.8, 4) is 23.0 Å². The van der Waals surface area contributed by atoms with Crippen molar-refractivity contribution in [2.24, 2.45) is 0 Å². The van der Waals surface area contributed by atoms with E-state index in [9.17, 15) is 10.1 Å². The first-order valence-corrected chi connectivity index (χ1v) is 10.5. The van der Waals surface area contributed by atoms with E-state index in [-0.39, 0.29) is 17.1 Å². The van der Waals surface area contributed by atoms with E-state index >= 15 is 0 Å². The van der Waals surface area contributed by atoms with Crippen molar-refractivity contribution in [3.63, 3.8) is 0 Å². The summed E-state index contributed by atoms with van der Waals surface area (Å²) in [5.74, 6) is 0.343. The molecule has 4 N–H and O–H groups in total. The average Bonchev–Trinajstić information content (AvgIpc) is 3.39. The standard InChI is InChI=1S/C24H19N9O/c1-14(29-22-16(11-25)12-27-24(26)30-22)20-10-15-6-5-9-18(19-13-28-32-31-19)21(15)23(34)33(20)17-7-3-2-4-8-17/h2-10,12-14H,1H3,(H,28,31,32)(H3,26,27,29,30)/t14-/m0/s1. The van der Waals surface area contributed by atoms with Crippen LogP contribution in [-0.2, 0) is 0 Å². The van der Waals surface area contributed by atoms with E-state index < -0.39 is 6.04 Å². The number of nitrogen functional groups attached to an aromatic ring is 1. The molecule has 0 bridgehead atoms. The summed E-state index contributed by atoms with van der Waals surface area (Å²) in [7, 11) is 0. The minimum Gasteiger partial charge on any atom is -0.368 e. The van der Waals surface area contributed by atoms with Crippen molar-refractivity contribution in [2.45, 2.75) is 13.0 Å². The number of H-pyrrole nitrogens is 1. The van der Waals surface area contributed by atoms with Gasteiger partial charge in [0.2, 0.25) is 5.95 Å². The number of benzene rings is 2. The molecule has 0 radical (unpaired) electrons. The van der Waals surface area contributed by atoms with Crippen LogP contribution in [0.1, 0.15) is 24.2 Å². The molecule has 10 nitrogen and oxygen atoms in total. The Morgan fingerprint density at radius 2 is 1.97 bits per heavy atom. The molecule has 0 amide bonds. The molecule has 0 saturated heterocycles. The van der Waals surface area contributed by atoms with Gasteiger partial charge < -0.3 is 11.1 Å². The van der Waals surface area contributed by atoms with Crippen LogP contribution in [0.5, 0.6) is 0 Å². The number of rotatable bonds is 5. The summed E-state index contributed by atoms with van der Waals surface area (Å²) in [5, 5.41) is 24.6. The lowest BCUT2D eigenvalue weighted by Gasteiger charge is -2.22. The van der Waals surface area contributed by atoms with Gasteiger partial charge in [0.25, 0.3) is 5.56 Å². The fourth-order valence-electron chi connectivity index (χ4n) is 3.96. The molecular weight excluding hydrogens is 430 g/mol. The van der Waals surface area contributed by atoms with Gasteiger partial charge in [0.1, 0.15) is 23.1 Å². The van der Waals surface area contributed by atoms with E-state index in [0.29, 0.717) is 33.8 Å². The number of hydrogen-bond acceptors (Lipinski definition) is 8. The van der Waals surface area contributed by atoms with Crippen molar-refractivity contribution in [3.05, 3.63) is 88.6 Å². The highest BCUT2D eigenvalue weighted by atomic mass is 16.1. The summed E-state index contributed by atoms with van der Waals surface area (Å²) in [6.07, 6.45) is 2.95. The first kappa shape index (κ1) is 20.8. The topological polar surface area (TPSA) is 151 Å². The molecule has 5 rings (SSSR count). The average molecular weight is 449 g/mol. The number of nitrogens with one attached hydrogen (secondary N) is 2. The summed E-state index contributed by atoms with van der Waals surface area (Å²) in [4.78, 5) is 22.0. The molecule has 3 aromatic heterocycles. The van der Waals surface area contributed by atoms with Crippen molar-refractivity contribution >= 4 is 22.5 Å². The Bertz CT molecular complexity index is 1590. The van der Waals surface area contributed by atoms with E-state index in [4.69, 9.17) is 5.73 Å². The lowest BCUT2D eigenvalue weighted by Crippen LogP contribution is -2.26. The van der Waals surface area contributed by atoms with Gasteiger partial charge in [-0.2, -0.15) is 25.7 Å². The Kier molecular flexibility index (Phi) is 5.20. The molecule has 0 saturated carbocycles. The van der Waals surface area contributed by atoms with Crippen molar-refractivity contribution in [1.82, 2.24) is 29.9 Å². The van der Waals surface area contributed by atoms with Crippen LogP contribution in [0.2, 0.25) is 0 Å². The molecule has 0 spiro atoms. The zero-order chi connectivity index (χ0) is 23.7. The largest absolute Gasteiger partial charge is 0.368 e. The summed E-state index contributed by atoms with van der Waals surface area (Å²) in [6.45, 7) is 1.89. The predicted molar refractivity (Wildman–Crippen MR) is 128 cm³/mol. The summed E-state index contributed by atoms with van der Waals surface area (Å²) < 4.78 is 1.65. The zero-order valence-electron chi connectivity index (χ0n) is 18.1. The van der Waals surface area contributed by atoms with Crippen LogP contribution in [0.15, 0.2) is 71.8 Å². The number of anilines is 2. The first-order valence-electron chi connectivity index (χ1n) is 10.5. The molecule has 0 fully saturated rings. The fraction of sp³-hybridized carbons (Fsp3) is 0.0833. The van der Waals surface area contributed by atoms with Crippen LogP contribution in [-0.4, -0.2) is 29.9 Å². The van der Waals surface area contributed by atoms with E-state index in [2.05, 4.69) is 36.8 Å². The Morgan fingerprint density at radius 1 is 1.15 bits per heavy atom. The molecule has 34 heavy (non-hydrogen) atoms. The number of para-hydroxylation sites is 1. The number of nitrogens with zero attached hydrogens (tertiary/aromatic N) is 6. The molecule has 0 aliphatic heterocycles. The van der Waals surface area contributed by atoms with Gasteiger partial charge in [-0.25, -0.2) is 4.98 Å². The highest BCUT2D eigenvalue weighted by Gasteiger charge is 2.20. The molecule has 5 aromatic rings. The van der Waals surface area contributed by atoms with E-state index in [0.717, 1.165) is 5.39 Å². The molecule has 0 unspecified atom stereocenters. The van der Waals surface area contributed by atoms with E-state index in [1.165, 1.54) is 6.20 Å². The smallest absolute Gasteiger partial charge is 0.263 e. The quantitative estimate of drug-likeness (QED) is 0.370. The van der Waals surface area contributed by atoms with Crippen LogP contribution in [0, 0.1) is 11.3 Å². The van der Waals surface area contributed by atoms with Gasteiger partial charge in [0, 0.05) is 16.9 Å². The van der Waals surface area contributed by atoms with Gasteiger partial charge in [-0.3, -0.25) is 9.36 Å². The number of nitrogens with two attached hydrogens (primary N) is 1. The second-order valence-electron chi connectivity index (χ2n) is 7.64. The third-order valence-corrected chi connectivity index (χ3v) is 5.51. The van der Waals surface area contributed by atoms with Crippen molar-refractivity contribution in [1.29, 1.82) is 5.26 Å². The van der Waals surface area contributed by atoms with E-state index in [1.54, 1.807) is 10.8 Å². The van der Waals surface area contributed by atoms with Crippen LogP contribution >= 0.6 is 0 Å². The Balaban J connectivity index is 1.74. The van der Waals surface area contributed by atoms with Crippen LogP contribution < -0.4 is 16.6 Å². The monoisotopic (exact) mass is 449 g/mol. The van der Waals surface area contributed by atoms with Crippen LogP contribution in [0.4, 0.5) is 11.8 Å². The number of fused-ring (bicyclic) bond motifs is 1. The van der Waals surface area contributed by atoms with Gasteiger partial charge >= 0.3 is 0 Å². The lowest BCUT2D eigenvalue weighted by molar-refractivity contribution is 0.772.